The number of rotatable bonds is 6. The minimum absolute atomic E-state index is 0.00972. The second-order valence-corrected chi connectivity index (χ2v) is 6.12. The van der Waals surface area contributed by atoms with Crippen molar-refractivity contribution >= 4 is 23.2 Å². The Morgan fingerprint density at radius 1 is 1.48 bits per heavy atom. The van der Waals surface area contributed by atoms with E-state index in [1.165, 1.54) is 11.3 Å². The Hall–Kier alpha value is -2.19. The standard InChI is InChI=1S/C15H18N4O3S/c1-22-4-3-16-15(21)13-7-12-6-11(8-19(12)18-13)17-14(20)10-2-5-23-9-10/h2,5,7,9,11H,3-4,6,8H2,1H3,(H,16,21)(H,17,20). The number of methoxy groups -OCH3 is 1. The van der Waals surface area contributed by atoms with Crippen LogP contribution >= 0.6 is 11.3 Å². The Kier molecular flexibility index (Phi) is 4.73. The minimum Gasteiger partial charge on any atom is -0.383 e. The number of hydrogen-bond donors (Lipinski definition) is 2. The van der Waals surface area contributed by atoms with E-state index in [9.17, 15) is 9.59 Å². The summed E-state index contributed by atoms with van der Waals surface area (Å²) in [5.74, 6) is -0.276. The Morgan fingerprint density at radius 3 is 3.04 bits per heavy atom. The molecular weight excluding hydrogens is 316 g/mol. The molecule has 122 valence electrons. The van der Waals surface area contributed by atoms with Gasteiger partial charge in [0.05, 0.1) is 19.2 Å². The Bertz CT molecular complexity index is 672. The summed E-state index contributed by atoms with van der Waals surface area (Å²) < 4.78 is 6.67. The van der Waals surface area contributed by atoms with Crippen LogP contribution in [-0.4, -0.2) is 47.9 Å². The predicted molar refractivity (Wildman–Crippen MR) is 85.7 cm³/mol. The van der Waals surface area contributed by atoms with Gasteiger partial charge in [-0.25, -0.2) is 0 Å². The number of fused-ring (bicyclic) bond motifs is 1. The molecule has 1 aliphatic heterocycles. The van der Waals surface area contributed by atoms with E-state index in [-0.39, 0.29) is 17.9 Å². The highest BCUT2D eigenvalue weighted by Gasteiger charge is 2.26. The summed E-state index contributed by atoms with van der Waals surface area (Å²) in [5, 5.41) is 13.7. The SMILES string of the molecule is COCCNC(=O)c1cc2n(n1)CC(NC(=O)c1ccsc1)C2. The molecule has 3 rings (SSSR count). The lowest BCUT2D eigenvalue weighted by Crippen LogP contribution is -2.36. The van der Waals surface area contributed by atoms with Crippen molar-refractivity contribution in [3.05, 3.63) is 39.8 Å². The molecule has 0 aliphatic carbocycles. The van der Waals surface area contributed by atoms with Gasteiger partial charge in [-0.15, -0.1) is 0 Å². The van der Waals surface area contributed by atoms with Crippen molar-refractivity contribution in [3.8, 4) is 0 Å². The van der Waals surface area contributed by atoms with Gasteiger partial charge in [0.2, 0.25) is 0 Å². The highest BCUT2D eigenvalue weighted by molar-refractivity contribution is 7.08. The third kappa shape index (κ3) is 3.59. The van der Waals surface area contributed by atoms with Crippen LogP contribution in [0, 0.1) is 0 Å². The fourth-order valence-electron chi connectivity index (χ4n) is 2.53. The molecule has 2 aromatic rings. The fraction of sp³-hybridized carbons (Fsp3) is 0.400. The number of aromatic nitrogens is 2. The number of nitrogens with one attached hydrogen (secondary N) is 2. The van der Waals surface area contributed by atoms with Crippen molar-refractivity contribution in [3.63, 3.8) is 0 Å². The van der Waals surface area contributed by atoms with Gasteiger partial charge in [0.25, 0.3) is 11.8 Å². The molecule has 0 bridgehead atoms. The van der Waals surface area contributed by atoms with Crippen molar-refractivity contribution in [1.29, 1.82) is 0 Å². The van der Waals surface area contributed by atoms with Gasteiger partial charge in [-0.2, -0.15) is 16.4 Å². The molecule has 1 atom stereocenters. The maximum atomic E-state index is 12.0. The first-order chi connectivity index (χ1) is 11.2. The van der Waals surface area contributed by atoms with E-state index >= 15 is 0 Å². The zero-order chi connectivity index (χ0) is 16.2. The quantitative estimate of drug-likeness (QED) is 0.761. The van der Waals surface area contributed by atoms with E-state index in [0.717, 1.165) is 5.69 Å². The molecule has 2 amide bonds. The summed E-state index contributed by atoms with van der Waals surface area (Å²) in [6, 6.07) is 3.59. The number of thiophene rings is 1. The zero-order valence-electron chi connectivity index (χ0n) is 12.7. The molecule has 23 heavy (non-hydrogen) atoms. The molecule has 3 heterocycles. The third-order valence-corrected chi connectivity index (χ3v) is 4.34. The van der Waals surface area contributed by atoms with Crippen molar-refractivity contribution in [2.45, 2.75) is 19.0 Å². The molecule has 0 spiro atoms. The lowest BCUT2D eigenvalue weighted by atomic mass is 10.2. The summed E-state index contributed by atoms with van der Waals surface area (Å²) in [6.45, 7) is 1.50. The fourth-order valence-corrected chi connectivity index (χ4v) is 3.17. The zero-order valence-corrected chi connectivity index (χ0v) is 13.6. The number of ether oxygens (including phenoxy) is 1. The lowest BCUT2D eigenvalue weighted by molar-refractivity contribution is 0.0921. The summed E-state index contributed by atoms with van der Waals surface area (Å²) in [7, 11) is 1.59. The maximum Gasteiger partial charge on any atom is 0.271 e. The van der Waals surface area contributed by atoms with Crippen LogP contribution in [0.25, 0.3) is 0 Å². The molecule has 8 heteroatoms. The van der Waals surface area contributed by atoms with Gasteiger partial charge in [0, 0.05) is 36.7 Å². The van der Waals surface area contributed by atoms with Crippen LogP contribution in [0.1, 0.15) is 26.5 Å². The number of nitrogens with zero attached hydrogens (tertiary/aromatic N) is 2. The first-order valence-electron chi connectivity index (χ1n) is 7.34. The van der Waals surface area contributed by atoms with Crippen LogP contribution in [0.5, 0.6) is 0 Å². The number of amides is 2. The van der Waals surface area contributed by atoms with Crippen LogP contribution in [0.4, 0.5) is 0 Å². The molecule has 2 N–H and O–H groups in total. The second kappa shape index (κ2) is 6.93. The number of hydrogen-bond acceptors (Lipinski definition) is 5. The molecule has 0 aromatic carbocycles. The smallest absolute Gasteiger partial charge is 0.271 e. The molecule has 0 saturated heterocycles. The topological polar surface area (TPSA) is 85.2 Å². The summed E-state index contributed by atoms with van der Waals surface area (Å²) in [5.41, 5.74) is 2.04. The van der Waals surface area contributed by atoms with Gasteiger partial charge in [0.1, 0.15) is 5.69 Å². The summed E-state index contributed by atoms with van der Waals surface area (Å²) in [4.78, 5) is 24.0. The van der Waals surface area contributed by atoms with Crippen LogP contribution < -0.4 is 10.6 Å². The second-order valence-electron chi connectivity index (χ2n) is 5.34. The van der Waals surface area contributed by atoms with Crippen LogP contribution in [0.2, 0.25) is 0 Å². The van der Waals surface area contributed by atoms with E-state index in [0.29, 0.717) is 37.4 Å². The average molecular weight is 334 g/mol. The highest BCUT2D eigenvalue weighted by Crippen LogP contribution is 2.17. The van der Waals surface area contributed by atoms with Crippen molar-refractivity contribution < 1.29 is 14.3 Å². The van der Waals surface area contributed by atoms with Crippen molar-refractivity contribution in [2.24, 2.45) is 0 Å². The largest absolute Gasteiger partial charge is 0.383 e. The van der Waals surface area contributed by atoms with Gasteiger partial charge < -0.3 is 15.4 Å². The Morgan fingerprint density at radius 2 is 2.35 bits per heavy atom. The maximum absolute atomic E-state index is 12.0. The number of carbonyl (C=O) groups excluding carboxylic acids is 2. The van der Waals surface area contributed by atoms with Gasteiger partial charge in [-0.3, -0.25) is 14.3 Å². The Labute approximate surface area is 137 Å². The summed E-state index contributed by atoms with van der Waals surface area (Å²) >= 11 is 1.50. The van der Waals surface area contributed by atoms with Gasteiger partial charge in [-0.1, -0.05) is 0 Å². The van der Waals surface area contributed by atoms with Gasteiger partial charge in [0.15, 0.2) is 0 Å². The molecular formula is C15H18N4O3S. The van der Waals surface area contributed by atoms with Crippen LogP contribution in [-0.2, 0) is 17.7 Å². The van der Waals surface area contributed by atoms with Crippen LogP contribution in [0.3, 0.4) is 0 Å². The normalized spacial score (nSPS) is 16.1. The van der Waals surface area contributed by atoms with Crippen molar-refractivity contribution in [2.75, 3.05) is 20.3 Å². The molecule has 2 aromatic heterocycles. The molecule has 0 fully saturated rings. The molecule has 7 nitrogen and oxygen atoms in total. The number of carbonyl (C=O) groups is 2. The monoisotopic (exact) mass is 334 g/mol. The summed E-state index contributed by atoms with van der Waals surface area (Å²) in [6.07, 6.45) is 0.675. The van der Waals surface area contributed by atoms with E-state index < -0.39 is 0 Å². The van der Waals surface area contributed by atoms with E-state index in [1.54, 1.807) is 23.9 Å². The molecule has 1 aliphatic rings. The average Bonchev–Trinajstić information content (AvgIpc) is 3.22. The molecule has 0 saturated carbocycles. The third-order valence-electron chi connectivity index (χ3n) is 3.66. The van der Waals surface area contributed by atoms with E-state index in [4.69, 9.17) is 4.74 Å². The van der Waals surface area contributed by atoms with E-state index in [2.05, 4.69) is 15.7 Å². The molecule has 0 radical (unpaired) electrons. The van der Waals surface area contributed by atoms with Gasteiger partial charge in [-0.05, 0) is 17.5 Å². The van der Waals surface area contributed by atoms with Crippen LogP contribution in [0.15, 0.2) is 22.9 Å². The Balaban J connectivity index is 1.55. The first kappa shape index (κ1) is 15.7. The molecule has 1 unspecified atom stereocenters. The lowest BCUT2D eigenvalue weighted by Gasteiger charge is -2.10. The van der Waals surface area contributed by atoms with Crippen molar-refractivity contribution in [1.82, 2.24) is 20.4 Å². The van der Waals surface area contributed by atoms with E-state index in [1.807, 2.05) is 10.8 Å². The predicted octanol–water partition coefficient (Wildman–Crippen LogP) is 0.675. The highest BCUT2D eigenvalue weighted by atomic mass is 32.1. The van der Waals surface area contributed by atoms with Gasteiger partial charge >= 0.3 is 0 Å². The minimum atomic E-state index is -0.206. The first-order valence-corrected chi connectivity index (χ1v) is 8.28.